The van der Waals surface area contributed by atoms with Crippen molar-refractivity contribution in [3.05, 3.63) is 46.8 Å². The molecule has 21 heavy (non-hydrogen) atoms. The van der Waals surface area contributed by atoms with E-state index in [-0.39, 0.29) is 5.56 Å². The maximum atomic E-state index is 12.7. The third kappa shape index (κ3) is 1.57. The molecule has 0 aliphatic carbocycles. The molecule has 4 rings (SSSR count). The minimum Gasteiger partial charge on any atom is -0.267 e. The summed E-state index contributed by atoms with van der Waals surface area (Å²) in [6.07, 6.45) is 4.55. The van der Waals surface area contributed by atoms with Gasteiger partial charge in [0.2, 0.25) is 0 Å². The first-order valence-corrected chi connectivity index (χ1v) is 6.26. The smallest absolute Gasteiger partial charge is 0.267 e. The Morgan fingerprint density at radius 1 is 1.10 bits per heavy atom. The van der Waals surface area contributed by atoms with Crippen LogP contribution in [0.15, 0.2) is 29.7 Å². The van der Waals surface area contributed by atoms with E-state index in [0.717, 1.165) is 0 Å². The Labute approximate surface area is 117 Å². The van der Waals surface area contributed by atoms with Gasteiger partial charge in [-0.15, -0.1) is 15.3 Å². The molecule has 4 aromatic rings. The van der Waals surface area contributed by atoms with Crippen LogP contribution in [0, 0.1) is 13.8 Å². The normalized spacial score (nSPS) is 11.5. The van der Waals surface area contributed by atoms with E-state index in [4.69, 9.17) is 0 Å². The van der Waals surface area contributed by atoms with Gasteiger partial charge in [-0.3, -0.25) is 4.79 Å². The van der Waals surface area contributed by atoms with Gasteiger partial charge in [0.15, 0.2) is 0 Å². The average Bonchev–Trinajstić information content (AvgIpc) is 3.07. The first-order valence-electron chi connectivity index (χ1n) is 6.26. The van der Waals surface area contributed by atoms with E-state index in [1.165, 1.54) is 22.0 Å². The van der Waals surface area contributed by atoms with Crippen LogP contribution in [0.1, 0.15) is 11.5 Å². The number of nitrogens with zero attached hydrogens (tertiary/aromatic N) is 8. The van der Waals surface area contributed by atoms with Crippen LogP contribution in [0.4, 0.5) is 0 Å². The maximum Gasteiger partial charge on any atom is 0.280 e. The molecule has 0 fully saturated rings. The number of pyridine rings is 1. The van der Waals surface area contributed by atoms with Crippen LogP contribution in [0.25, 0.3) is 16.7 Å². The lowest BCUT2D eigenvalue weighted by Gasteiger charge is -2.08. The van der Waals surface area contributed by atoms with Gasteiger partial charge in [-0.2, -0.15) is 9.50 Å². The van der Waals surface area contributed by atoms with Crippen molar-refractivity contribution < 1.29 is 0 Å². The Morgan fingerprint density at radius 2 is 1.86 bits per heavy atom. The van der Waals surface area contributed by atoms with Crippen LogP contribution in [-0.4, -0.2) is 39.1 Å². The second-order valence-corrected chi connectivity index (χ2v) is 4.64. The molecule has 0 aromatic carbocycles. The van der Waals surface area contributed by atoms with Crippen LogP contribution in [-0.2, 0) is 0 Å². The predicted octanol–water partition coefficient (Wildman–Crippen LogP) is -0.0411. The van der Waals surface area contributed by atoms with Crippen molar-refractivity contribution in [2.45, 2.75) is 13.8 Å². The third-order valence-electron chi connectivity index (χ3n) is 3.26. The first kappa shape index (κ1) is 11.7. The summed E-state index contributed by atoms with van der Waals surface area (Å²) in [5.74, 6) is 1.09. The number of hydrogen-bond donors (Lipinski definition) is 0. The Balaban J connectivity index is 2.17. The number of aryl methyl sites for hydroxylation is 2. The molecule has 0 atom stereocenters. The van der Waals surface area contributed by atoms with E-state index < -0.39 is 0 Å². The molecular formula is C12H10N8O. The molecule has 0 radical (unpaired) electrons. The van der Waals surface area contributed by atoms with E-state index in [2.05, 4.69) is 25.3 Å². The summed E-state index contributed by atoms with van der Waals surface area (Å²) >= 11 is 0. The zero-order valence-corrected chi connectivity index (χ0v) is 11.3. The summed E-state index contributed by atoms with van der Waals surface area (Å²) in [6.45, 7) is 3.57. The molecule has 9 nitrogen and oxygen atoms in total. The van der Waals surface area contributed by atoms with Crippen molar-refractivity contribution in [3.63, 3.8) is 0 Å². The number of rotatable bonds is 1. The number of hydrogen-bond acceptors (Lipinski definition) is 6. The van der Waals surface area contributed by atoms with Crippen molar-refractivity contribution in [3.8, 4) is 0 Å². The van der Waals surface area contributed by atoms with Crippen LogP contribution >= 0.6 is 0 Å². The molecule has 0 aliphatic rings. The fraction of sp³-hybridized carbons (Fsp3) is 0.167. The van der Waals surface area contributed by atoms with Gasteiger partial charge < -0.3 is 0 Å². The second-order valence-electron chi connectivity index (χ2n) is 4.64. The zero-order chi connectivity index (χ0) is 14.6. The number of aromatic nitrogens is 8. The quantitative estimate of drug-likeness (QED) is 0.486. The summed E-state index contributed by atoms with van der Waals surface area (Å²) in [5.41, 5.74) is 1.07. The predicted molar refractivity (Wildman–Crippen MR) is 72.8 cm³/mol. The molecule has 0 bridgehead atoms. The highest BCUT2D eigenvalue weighted by atomic mass is 16.1. The fourth-order valence-electron chi connectivity index (χ4n) is 2.37. The molecule has 4 heterocycles. The van der Waals surface area contributed by atoms with Crippen molar-refractivity contribution in [1.82, 2.24) is 39.1 Å². The summed E-state index contributed by atoms with van der Waals surface area (Å²) in [7, 11) is 0. The van der Waals surface area contributed by atoms with Crippen LogP contribution in [0.3, 0.4) is 0 Å². The molecular weight excluding hydrogens is 272 g/mol. The first-order chi connectivity index (χ1) is 10.1. The van der Waals surface area contributed by atoms with Gasteiger partial charge in [0.25, 0.3) is 11.3 Å². The average molecular weight is 282 g/mol. The number of fused-ring (bicyclic) bond motifs is 3. The summed E-state index contributed by atoms with van der Waals surface area (Å²) in [6, 6.07) is 1.80. The van der Waals surface area contributed by atoms with Crippen LogP contribution in [0.5, 0.6) is 0 Å². The van der Waals surface area contributed by atoms with Crippen LogP contribution < -0.4 is 5.56 Å². The summed E-state index contributed by atoms with van der Waals surface area (Å²) in [5, 5.41) is 12.2. The van der Waals surface area contributed by atoms with Gasteiger partial charge in [0, 0.05) is 6.20 Å². The van der Waals surface area contributed by atoms with E-state index >= 15 is 0 Å². The standard InChI is InChI=1S/C12H10N8O/c1-7-10-9(20-12(15-7)16-8(2)17-20)3-4-19(11(10)21)18-5-13-14-6-18/h3-6H,1-2H3. The highest BCUT2D eigenvalue weighted by Gasteiger charge is 2.13. The van der Waals surface area contributed by atoms with E-state index in [9.17, 15) is 4.79 Å². The lowest BCUT2D eigenvalue weighted by atomic mass is 10.2. The monoisotopic (exact) mass is 282 g/mol. The second kappa shape index (κ2) is 3.95. The zero-order valence-electron chi connectivity index (χ0n) is 11.3. The Bertz CT molecular complexity index is 1030. The minimum atomic E-state index is -0.215. The van der Waals surface area contributed by atoms with E-state index in [1.54, 1.807) is 30.6 Å². The van der Waals surface area contributed by atoms with E-state index in [0.29, 0.717) is 28.2 Å². The van der Waals surface area contributed by atoms with Gasteiger partial charge >= 0.3 is 0 Å². The summed E-state index contributed by atoms with van der Waals surface area (Å²) in [4.78, 5) is 21.3. The van der Waals surface area contributed by atoms with Crippen molar-refractivity contribution in [1.29, 1.82) is 0 Å². The van der Waals surface area contributed by atoms with Crippen LogP contribution in [0.2, 0.25) is 0 Å². The molecule has 0 saturated carbocycles. The molecule has 104 valence electrons. The Morgan fingerprint density at radius 3 is 2.62 bits per heavy atom. The molecule has 9 heteroatoms. The van der Waals surface area contributed by atoms with Gasteiger partial charge in [-0.1, -0.05) is 0 Å². The molecule has 0 spiro atoms. The van der Waals surface area contributed by atoms with Gasteiger partial charge in [-0.05, 0) is 19.9 Å². The van der Waals surface area contributed by atoms with E-state index in [1.807, 2.05) is 0 Å². The van der Waals surface area contributed by atoms with Gasteiger partial charge in [-0.25, -0.2) is 14.3 Å². The maximum absolute atomic E-state index is 12.7. The topological polar surface area (TPSA) is 95.8 Å². The lowest BCUT2D eigenvalue weighted by Crippen LogP contribution is -2.25. The van der Waals surface area contributed by atoms with Crippen molar-refractivity contribution >= 4 is 16.7 Å². The van der Waals surface area contributed by atoms with Gasteiger partial charge in [0.1, 0.15) is 18.5 Å². The molecule has 0 N–H and O–H groups in total. The minimum absolute atomic E-state index is 0.215. The molecule has 0 saturated heterocycles. The molecule has 0 amide bonds. The summed E-state index contributed by atoms with van der Waals surface area (Å²) < 4.78 is 4.49. The lowest BCUT2D eigenvalue weighted by molar-refractivity contribution is 0.631. The molecule has 0 aliphatic heterocycles. The van der Waals surface area contributed by atoms with Gasteiger partial charge in [0.05, 0.1) is 16.6 Å². The third-order valence-corrected chi connectivity index (χ3v) is 3.26. The SMILES string of the molecule is Cc1nc2nc(C)c3c(=O)n(-n4cnnc4)ccc3n2n1. The highest BCUT2D eigenvalue weighted by Crippen LogP contribution is 2.14. The Hall–Kier alpha value is -3.10. The largest absolute Gasteiger partial charge is 0.280 e. The molecule has 4 aromatic heterocycles. The van der Waals surface area contributed by atoms with Crippen molar-refractivity contribution in [2.24, 2.45) is 0 Å². The van der Waals surface area contributed by atoms with Crippen molar-refractivity contribution in [2.75, 3.05) is 0 Å². The highest BCUT2D eigenvalue weighted by molar-refractivity contribution is 5.81. The molecule has 0 unspecified atom stereocenters. The fourth-order valence-corrected chi connectivity index (χ4v) is 2.37. The Kier molecular flexibility index (Phi) is 2.20.